The van der Waals surface area contributed by atoms with Gasteiger partial charge in [-0.25, -0.2) is 0 Å². The zero-order valence-electron chi connectivity index (χ0n) is 14.3. The molecule has 0 spiro atoms. The quantitative estimate of drug-likeness (QED) is 0.598. The van der Waals surface area contributed by atoms with Crippen molar-refractivity contribution in [1.29, 1.82) is 0 Å². The van der Waals surface area contributed by atoms with Crippen LogP contribution < -0.4 is 0 Å². The van der Waals surface area contributed by atoms with Crippen molar-refractivity contribution < 1.29 is 14.3 Å². The van der Waals surface area contributed by atoms with Gasteiger partial charge in [-0.1, -0.05) is 41.5 Å². The Balaban J connectivity index is 2.07. The Morgan fingerprint density at radius 2 is 1.71 bits per heavy atom. The molecule has 3 rings (SSSR count). The van der Waals surface area contributed by atoms with Crippen LogP contribution in [0, 0.1) is 0 Å². The van der Waals surface area contributed by atoms with E-state index in [2.05, 4.69) is 6.08 Å². The van der Waals surface area contributed by atoms with Crippen LogP contribution >= 0.6 is 0 Å². The molecule has 0 N–H and O–H groups in total. The van der Waals surface area contributed by atoms with E-state index < -0.39 is 17.2 Å². The lowest BCUT2D eigenvalue weighted by Gasteiger charge is -2.33. The number of carbonyl (C=O) groups is 2. The third-order valence-corrected chi connectivity index (χ3v) is 4.05. The normalized spacial score (nSPS) is 22.8. The van der Waals surface area contributed by atoms with E-state index in [4.69, 9.17) is 4.74 Å². The first-order chi connectivity index (χ1) is 11.3. The largest absolute Gasteiger partial charge is 0.478 e. The second-order valence-electron chi connectivity index (χ2n) is 6.68. The van der Waals surface area contributed by atoms with E-state index in [-0.39, 0.29) is 0 Å². The molecule has 1 aromatic rings. The van der Waals surface area contributed by atoms with Crippen LogP contribution in [0.15, 0.2) is 65.3 Å². The SMILES string of the molecule is CC(C)=C/C(C)=C/C1(C)C=CC2=C(O1)c1ccccc1C(=O)C2=O. The molecule has 122 valence electrons. The van der Waals surface area contributed by atoms with Crippen LogP contribution in [-0.4, -0.2) is 17.2 Å². The molecule has 24 heavy (non-hydrogen) atoms. The van der Waals surface area contributed by atoms with Crippen molar-refractivity contribution >= 4 is 17.3 Å². The summed E-state index contributed by atoms with van der Waals surface area (Å²) >= 11 is 0. The highest BCUT2D eigenvalue weighted by Crippen LogP contribution is 2.38. The summed E-state index contributed by atoms with van der Waals surface area (Å²) in [7, 11) is 0. The number of hydrogen-bond donors (Lipinski definition) is 0. The highest BCUT2D eigenvalue weighted by molar-refractivity contribution is 6.53. The average molecular weight is 320 g/mol. The Morgan fingerprint density at radius 3 is 2.38 bits per heavy atom. The number of ether oxygens (including phenoxy) is 1. The van der Waals surface area contributed by atoms with Crippen molar-refractivity contribution in [3.63, 3.8) is 0 Å². The third-order valence-electron chi connectivity index (χ3n) is 4.05. The van der Waals surface area contributed by atoms with Gasteiger partial charge in [-0.05, 0) is 45.9 Å². The molecule has 0 saturated carbocycles. The molecule has 1 atom stereocenters. The lowest BCUT2D eigenvalue weighted by Crippen LogP contribution is -2.32. The lowest BCUT2D eigenvalue weighted by molar-refractivity contribution is -0.111. The lowest BCUT2D eigenvalue weighted by atomic mass is 9.85. The second kappa shape index (κ2) is 5.75. The topological polar surface area (TPSA) is 43.4 Å². The maximum atomic E-state index is 12.3. The molecule has 0 amide bonds. The Labute approximate surface area is 142 Å². The van der Waals surface area contributed by atoms with Gasteiger partial charge in [0.15, 0.2) is 0 Å². The average Bonchev–Trinajstić information content (AvgIpc) is 2.51. The summed E-state index contributed by atoms with van der Waals surface area (Å²) in [5, 5.41) is 0. The summed E-state index contributed by atoms with van der Waals surface area (Å²) in [6.07, 6.45) is 7.63. The zero-order valence-corrected chi connectivity index (χ0v) is 14.3. The summed E-state index contributed by atoms with van der Waals surface area (Å²) in [6, 6.07) is 7.09. The maximum Gasteiger partial charge on any atom is 0.237 e. The number of allylic oxidation sites excluding steroid dienone is 5. The van der Waals surface area contributed by atoms with Gasteiger partial charge >= 0.3 is 0 Å². The van der Waals surface area contributed by atoms with Gasteiger partial charge < -0.3 is 4.74 Å². The molecule has 1 unspecified atom stereocenters. The van der Waals surface area contributed by atoms with Gasteiger partial charge in [0, 0.05) is 11.1 Å². The van der Waals surface area contributed by atoms with Crippen LogP contribution in [0.1, 0.15) is 43.6 Å². The van der Waals surface area contributed by atoms with E-state index >= 15 is 0 Å². The first-order valence-corrected chi connectivity index (χ1v) is 7.96. The molecule has 0 bridgehead atoms. The first-order valence-electron chi connectivity index (χ1n) is 7.96. The fourth-order valence-electron chi connectivity index (χ4n) is 3.16. The Bertz CT molecular complexity index is 861. The Morgan fingerprint density at radius 1 is 1.04 bits per heavy atom. The predicted octanol–water partition coefficient (Wildman–Crippen LogP) is 4.42. The van der Waals surface area contributed by atoms with Crippen molar-refractivity contribution in [1.82, 2.24) is 0 Å². The van der Waals surface area contributed by atoms with Crippen LogP contribution in [0.2, 0.25) is 0 Å². The van der Waals surface area contributed by atoms with Crippen molar-refractivity contribution in [3.05, 3.63) is 76.4 Å². The summed E-state index contributed by atoms with van der Waals surface area (Å²) in [6.45, 7) is 8.04. The third kappa shape index (κ3) is 2.78. The fourth-order valence-corrected chi connectivity index (χ4v) is 3.16. The minimum Gasteiger partial charge on any atom is -0.478 e. The standard InChI is InChI=1S/C21H20O3/c1-13(2)11-14(3)12-21(4)10-9-17-19(23)18(22)15-7-5-6-8-16(15)20(17)24-21/h5-12H,1-4H3/b14-12+. The van der Waals surface area contributed by atoms with Crippen molar-refractivity contribution in [3.8, 4) is 0 Å². The van der Waals surface area contributed by atoms with E-state index in [1.807, 2.05) is 52.0 Å². The molecule has 0 radical (unpaired) electrons. The van der Waals surface area contributed by atoms with Crippen molar-refractivity contribution in [2.75, 3.05) is 0 Å². The van der Waals surface area contributed by atoms with Gasteiger partial charge in [0.05, 0.1) is 5.57 Å². The number of carbonyl (C=O) groups excluding carboxylic acids is 2. The monoisotopic (exact) mass is 320 g/mol. The van der Waals surface area contributed by atoms with Gasteiger partial charge in [0.2, 0.25) is 11.6 Å². The fraction of sp³-hybridized carbons (Fsp3) is 0.238. The second-order valence-corrected chi connectivity index (χ2v) is 6.68. The summed E-state index contributed by atoms with van der Waals surface area (Å²) in [5.41, 5.74) is 3.05. The Kier molecular flexibility index (Phi) is 3.88. The van der Waals surface area contributed by atoms with Crippen LogP contribution in [-0.2, 0) is 9.53 Å². The molecule has 0 aromatic heterocycles. The van der Waals surface area contributed by atoms with Crippen LogP contribution in [0.3, 0.4) is 0 Å². The molecule has 1 aliphatic carbocycles. The number of benzene rings is 1. The van der Waals surface area contributed by atoms with E-state index in [0.717, 1.165) is 5.57 Å². The molecule has 2 aliphatic rings. The molecule has 1 heterocycles. The highest BCUT2D eigenvalue weighted by Gasteiger charge is 2.37. The van der Waals surface area contributed by atoms with Gasteiger partial charge in [-0.3, -0.25) is 9.59 Å². The van der Waals surface area contributed by atoms with Crippen molar-refractivity contribution in [2.24, 2.45) is 0 Å². The molecule has 0 saturated heterocycles. The van der Waals surface area contributed by atoms with Crippen LogP contribution in [0.5, 0.6) is 0 Å². The summed E-state index contributed by atoms with van der Waals surface area (Å²) < 4.78 is 6.19. The Hall–Kier alpha value is -2.68. The van der Waals surface area contributed by atoms with Crippen molar-refractivity contribution in [2.45, 2.75) is 33.3 Å². The first kappa shape index (κ1) is 16.2. The van der Waals surface area contributed by atoms with Crippen LogP contribution in [0.25, 0.3) is 5.76 Å². The number of rotatable bonds is 2. The summed E-state index contributed by atoms with van der Waals surface area (Å²) in [5.74, 6) is -0.495. The smallest absolute Gasteiger partial charge is 0.237 e. The van der Waals surface area contributed by atoms with E-state index in [0.29, 0.717) is 22.5 Å². The number of Topliss-reactive ketones (excluding diaryl/α,β-unsaturated/α-hetero) is 2. The molecule has 1 aliphatic heterocycles. The minimum absolute atomic E-state index is 0.337. The number of hydrogen-bond acceptors (Lipinski definition) is 3. The van der Waals surface area contributed by atoms with Crippen LogP contribution in [0.4, 0.5) is 0 Å². The zero-order chi connectivity index (χ0) is 17.5. The van der Waals surface area contributed by atoms with Gasteiger partial charge in [-0.15, -0.1) is 0 Å². The van der Waals surface area contributed by atoms with E-state index in [9.17, 15) is 9.59 Å². The number of fused-ring (bicyclic) bond motifs is 2. The highest BCUT2D eigenvalue weighted by atomic mass is 16.5. The molecule has 0 fully saturated rings. The molecule has 1 aromatic carbocycles. The van der Waals surface area contributed by atoms with E-state index in [1.54, 1.807) is 18.2 Å². The van der Waals surface area contributed by atoms with Gasteiger partial charge in [-0.2, -0.15) is 0 Å². The molecule has 3 nitrogen and oxygen atoms in total. The summed E-state index contributed by atoms with van der Waals surface area (Å²) in [4.78, 5) is 24.6. The van der Waals surface area contributed by atoms with Gasteiger partial charge in [0.1, 0.15) is 11.4 Å². The maximum absolute atomic E-state index is 12.3. The van der Waals surface area contributed by atoms with E-state index in [1.165, 1.54) is 5.57 Å². The number of ketones is 2. The molecule has 3 heteroatoms. The molecular weight excluding hydrogens is 300 g/mol. The van der Waals surface area contributed by atoms with Gasteiger partial charge in [0.25, 0.3) is 0 Å². The minimum atomic E-state index is -0.664. The predicted molar refractivity (Wildman–Crippen MR) is 94.5 cm³/mol. The molecular formula is C21H20O3.